The van der Waals surface area contributed by atoms with Crippen LogP contribution < -0.4 is 9.47 Å². The largest absolute Gasteiger partial charge is 0.494 e. The SMILES string of the molecule is CN(C)C(=Nc1ccc(OCCCCCCCCCCOc2ccc(-c3ccc(C#N)cc3)cc2)cc1)N(C)C. The first kappa shape index (κ1) is 30.6. The van der Waals surface area contributed by atoms with Crippen LogP contribution in [0.5, 0.6) is 11.5 Å². The molecule has 0 bridgehead atoms. The van der Waals surface area contributed by atoms with Gasteiger partial charge in [0, 0.05) is 28.2 Å². The minimum Gasteiger partial charge on any atom is -0.494 e. The highest BCUT2D eigenvalue weighted by atomic mass is 16.5. The second-order valence-electron chi connectivity index (χ2n) is 10.4. The summed E-state index contributed by atoms with van der Waals surface area (Å²) in [5, 5.41) is 8.94. The van der Waals surface area contributed by atoms with Crippen molar-refractivity contribution in [3.8, 4) is 28.7 Å². The van der Waals surface area contributed by atoms with Crippen molar-refractivity contribution >= 4 is 11.6 Å². The maximum atomic E-state index is 8.94. The molecule has 0 unspecified atom stereocenters. The molecule has 0 spiro atoms. The van der Waals surface area contributed by atoms with Gasteiger partial charge in [0.1, 0.15) is 11.5 Å². The van der Waals surface area contributed by atoms with E-state index in [1.54, 1.807) is 0 Å². The van der Waals surface area contributed by atoms with Crippen LogP contribution in [0.25, 0.3) is 11.1 Å². The Morgan fingerprint density at radius 2 is 1.00 bits per heavy atom. The van der Waals surface area contributed by atoms with Crippen LogP contribution in [0, 0.1) is 11.3 Å². The number of nitrogens with zero attached hydrogens (tertiary/aromatic N) is 4. The Morgan fingerprint density at radius 3 is 1.43 bits per heavy atom. The van der Waals surface area contributed by atoms with Crippen LogP contribution in [0.2, 0.25) is 0 Å². The number of aliphatic imine (C=N–C) groups is 1. The fourth-order valence-electron chi connectivity index (χ4n) is 4.46. The number of ether oxygens (including phenoxy) is 2. The predicted octanol–water partition coefficient (Wildman–Crippen LogP) is 7.91. The summed E-state index contributed by atoms with van der Waals surface area (Å²) >= 11 is 0. The van der Waals surface area contributed by atoms with Crippen LogP contribution in [0.15, 0.2) is 77.8 Å². The first-order chi connectivity index (χ1) is 19.5. The Labute approximate surface area is 240 Å². The molecule has 0 atom stereocenters. The summed E-state index contributed by atoms with van der Waals surface area (Å²) in [5.74, 6) is 2.72. The quantitative estimate of drug-likeness (QED) is 0.111. The van der Waals surface area contributed by atoms with Crippen molar-refractivity contribution in [2.24, 2.45) is 4.99 Å². The van der Waals surface area contributed by atoms with Gasteiger partial charge in [0.25, 0.3) is 0 Å². The van der Waals surface area contributed by atoms with Crippen molar-refractivity contribution in [1.29, 1.82) is 5.26 Å². The highest BCUT2D eigenvalue weighted by molar-refractivity contribution is 5.82. The molecule has 0 aliphatic heterocycles. The molecular weight excluding hydrogens is 496 g/mol. The molecule has 0 amide bonds. The van der Waals surface area contributed by atoms with E-state index in [4.69, 9.17) is 14.7 Å². The molecular formula is C34H44N4O2. The molecule has 0 saturated carbocycles. The number of rotatable bonds is 15. The maximum Gasteiger partial charge on any atom is 0.200 e. The van der Waals surface area contributed by atoms with Gasteiger partial charge in [-0.25, -0.2) is 4.99 Å². The van der Waals surface area contributed by atoms with Gasteiger partial charge in [-0.2, -0.15) is 5.26 Å². The molecule has 0 heterocycles. The first-order valence-corrected chi connectivity index (χ1v) is 14.4. The molecule has 3 aromatic carbocycles. The normalized spacial score (nSPS) is 10.5. The molecule has 3 aromatic rings. The molecule has 40 heavy (non-hydrogen) atoms. The van der Waals surface area contributed by atoms with E-state index in [0.717, 1.165) is 60.3 Å². The average Bonchev–Trinajstić information content (AvgIpc) is 2.97. The van der Waals surface area contributed by atoms with Gasteiger partial charge in [0.05, 0.1) is 30.5 Å². The van der Waals surface area contributed by atoms with Gasteiger partial charge in [-0.3, -0.25) is 0 Å². The summed E-state index contributed by atoms with van der Waals surface area (Å²) in [6, 6.07) is 26.0. The van der Waals surface area contributed by atoms with Gasteiger partial charge >= 0.3 is 0 Å². The molecule has 6 nitrogen and oxygen atoms in total. The van der Waals surface area contributed by atoms with E-state index in [9.17, 15) is 0 Å². The van der Waals surface area contributed by atoms with Crippen molar-refractivity contribution < 1.29 is 9.47 Å². The van der Waals surface area contributed by atoms with Crippen molar-refractivity contribution in [3.05, 3.63) is 78.4 Å². The molecule has 0 aliphatic carbocycles. The lowest BCUT2D eigenvalue weighted by atomic mass is 10.0. The van der Waals surface area contributed by atoms with E-state index in [2.05, 4.69) is 23.2 Å². The van der Waals surface area contributed by atoms with Crippen LogP contribution >= 0.6 is 0 Å². The second kappa shape index (κ2) is 16.9. The number of benzene rings is 3. The summed E-state index contributed by atoms with van der Waals surface area (Å²) in [5.41, 5.74) is 3.83. The molecule has 0 aliphatic rings. The molecule has 6 heteroatoms. The predicted molar refractivity (Wildman–Crippen MR) is 165 cm³/mol. The smallest absolute Gasteiger partial charge is 0.200 e. The number of nitriles is 1. The Bertz CT molecular complexity index is 1180. The van der Waals surface area contributed by atoms with E-state index in [-0.39, 0.29) is 0 Å². The van der Waals surface area contributed by atoms with Gasteiger partial charge in [0.2, 0.25) is 5.96 Å². The highest BCUT2D eigenvalue weighted by Gasteiger charge is 2.05. The molecule has 0 fully saturated rings. The van der Waals surface area contributed by atoms with Crippen molar-refractivity contribution in [1.82, 2.24) is 9.80 Å². The first-order valence-electron chi connectivity index (χ1n) is 14.4. The Kier molecular flexibility index (Phi) is 12.9. The topological polar surface area (TPSA) is 61.1 Å². The monoisotopic (exact) mass is 540 g/mol. The van der Waals surface area contributed by atoms with E-state index < -0.39 is 0 Å². The Hall–Kier alpha value is -3.98. The fraction of sp³-hybridized carbons (Fsp3) is 0.412. The van der Waals surface area contributed by atoms with Gasteiger partial charge < -0.3 is 19.3 Å². The minimum atomic E-state index is 0.678. The zero-order valence-electron chi connectivity index (χ0n) is 24.6. The molecule has 212 valence electrons. The van der Waals surface area contributed by atoms with Gasteiger partial charge in [-0.1, -0.05) is 62.8 Å². The second-order valence-corrected chi connectivity index (χ2v) is 10.4. The van der Waals surface area contributed by atoms with Crippen LogP contribution in [-0.4, -0.2) is 57.2 Å². The van der Waals surface area contributed by atoms with Crippen LogP contribution in [-0.2, 0) is 0 Å². The maximum absolute atomic E-state index is 8.94. The van der Waals surface area contributed by atoms with E-state index >= 15 is 0 Å². The standard InChI is InChI=1S/C34H44N4O2/c1-37(2)34(38(3)4)36-31-19-23-33(24-20-31)40-26-12-10-8-6-5-7-9-11-25-39-32-21-17-30(18-22-32)29-15-13-28(27-35)14-16-29/h13-24H,5-12,25-26H2,1-4H3. The van der Waals surface area contributed by atoms with Crippen LogP contribution in [0.1, 0.15) is 56.9 Å². The molecule has 0 N–H and O–H groups in total. The number of hydrogen-bond donors (Lipinski definition) is 0. The van der Waals surface area contributed by atoms with Gasteiger partial charge in [0.15, 0.2) is 0 Å². The Morgan fingerprint density at radius 1 is 0.600 bits per heavy atom. The van der Waals surface area contributed by atoms with Gasteiger partial charge in [-0.15, -0.1) is 0 Å². The van der Waals surface area contributed by atoms with Crippen molar-refractivity contribution in [3.63, 3.8) is 0 Å². The van der Waals surface area contributed by atoms with Crippen molar-refractivity contribution in [2.75, 3.05) is 41.4 Å². The van der Waals surface area contributed by atoms with E-state index in [1.807, 2.05) is 98.7 Å². The lowest BCUT2D eigenvalue weighted by molar-refractivity contribution is 0.301. The molecule has 3 rings (SSSR count). The zero-order chi connectivity index (χ0) is 28.6. The highest BCUT2D eigenvalue weighted by Crippen LogP contribution is 2.23. The van der Waals surface area contributed by atoms with Gasteiger partial charge in [-0.05, 0) is 72.5 Å². The minimum absolute atomic E-state index is 0.678. The third kappa shape index (κ3) is 10.6. The lowest BCUT2D eigenvalue weighted by Crippen LogP contribution is -2.35. The fourth-order valence-corrected chi connectivity index (χ4v) is 4.46. The van der Waals surface area contributed by atoms with E-state index in [1.165, 1.54) is 38.5 Å². The number of guanidine groups is 1. The molecule has 0 radical (unpaired) electrons. The number of unbranched alkanes of at least 4 members (excludes halogenated alkanes) is 7. The summed E-state index contributed by atoms with van der Waals surface area (Å²) in [6.07, 6.45) is 9.67. The van der Waals surface area contributed by atoms with E-state index in [0.29, 0.717) is 5.56 Å². The Balaban J connectivity index is 1.18. The zero-order valence-corrected chi connectivity index (χ0v) is 24.6. The number of hydrogen-bond acceptors (Lipinski definition) is 4. The molecule has 0 aromatic heterocycles. The average molecular weight is 541 g/mol. The van der Waals surface area contributed by atoms with Crippen LogP contribution in [0.3, 0.4) is 0 Å². The summed E-state index contributed by atoms with van der Waals surface area (Å²) in [7, 11) is 7.98. The summed E-state index contributed by atoms with van der Waals surface area (Å²) < 4.78 is 11.8. The third-order valence-corrected chi connectivity index (χ3v) is 6.64. The summed E-state index contributed by atoms with van der Waals surface area (Å²) in [6.45, 7) is 1.52. The lowest BCUT2D eigenvalue weighted by Gasteiger charge is -2.22. The molecule has 0 saturated heterocycles. The third-order valence-electron chi connectivity index (χ3n) is 6.64. The summed E-state index contributed by atoms with van der Waals surface area (Å²) in [4.78, 5) is 8.69. The van der Waals surface area contributed by atoms with Crippen molar-refractivity contribution in [2.45, 2.75) is 51.4 Å². The van der Waals surface area contributed by atoms with Crippen LogP contribution in [0.4, 0.5) is 5.69 Å².